The lowest BCUT2D eigenvalue weighted by Crippen LogP contribution is -2.32. The summed E-state index contributed by atoms with van der Waals surface area (Å²) in [7, 11) is 0. The average molecular weight is 1050 g/mol. The number of amides is 4. The van der Waals surface area contributed by atoms with E-state index < -0.39 is 47.3 Å². The van der Waals surface area contributed by atoms with E-state index in [4.69, 9.17) is 67.5 Å². The van der Waals surface area contributed by atoms with E-state index in [1.54, 1.807) is 50.2 Å². The number of carbonyl (C=O) groups excluding carboxylic acids is 6. The molecule has 5 rings (SSSR count). The number of nitrogens with one attached hydrogen (secondary N) is 4. The van der Waals surface area contributed by atoms with Crippen LogP contribution in [-0.2, 0) is 25.1 Å². The summed E-state index contributed by atoms with van der Waals surface area (Å²) >= 11 is 31.4. The van der Waals surface area contributed by atoms with Gasteiger partial charge in [0.05, 0.1) is 46.7 Å². The highest BCUT2D eigenvalue weighted by Crippen LogP contribution is 2.34. The van der Waals surface area contributed by atoms with Crippen LogP contribution in [0, 0.1) is 0 Å². The number of alkyl halides is 3. The van der Waals surface area contributed by atoms with Crippen molar-refractivity contribution >= 4 is 127 Å². The molecular weight excluding hydrogens is 1010 g/mol. The Hall–Kier alpha value is -6.43. The van der Waals surface area contributed by atoms with E-state index in [0.29, 0.717) is 41.7 Å². The molecule has 0 saturated carbocycles. The minimum absolute atomic E-state index is 0.0787. The number of hydrogen-bond donors (Lipinski definition) is 4. The Morgan fingerprint density at radius 3 is 1.39 bits per heavy atom. The van der Waals surface area contributed by atoms with Crippen molar-refractivity contribution in [3.8, 4) is 11.5 Å². The topological polar surface area (TPSA) is 218 Å². The van der Waals surface area contributed by atoms with Crippen molar-refractivity contribution in [2.45, 2.75) is 70.3 Å². The first-order chi connectivity index (χ1) is 33.3. The Morgan fingerprint density at radius 2 is 0.986 bits per heavy atom. The number of Topliss-reactive ketones (excluding diaryl/α,β-unsaturated/α-hetero) is 2. The van der Waals surface area contributed by atoms with E-state index in [2.05, 4.69) is 41.7 Å². The third-order valence-corrected chi connectivity index (χ3v) is 11.2. The predicted octanol–water partition coefficient (Wildman–Crippen LogP) is 13.0. The lowest BCUT2D eigenvalue weighted by atomic mass is 10.1. The molecule has 0 aliphatic heterocycles. The van der Waals surface area contributed by atoms with Gasteiger partial charge in [0, 0.05) is 38.4 Å². The van der Waals surface area contributed by atoms with Gasteiger partial charge >= 0.3 is 0 Å². The second-order valence-corrected chi connectivity index (χ2v) is 17.8. The normalized spacial score (nSPS) is 13.0. The summed E-state index contributed by atoms with van der Waals surface area (Å²) in [4.78, 5) is 79.0. The Labute approximate surface area is 428 Å². The van der Waals surface area contributed by atoms with E-state index in [-0.39, 0.29) is 60.6 Å². The van der Waals surface area contributed by atoms with Crippen LogP contribution >= 0.6 is 58.0 Å². The molecule has 0 fully saturated rings. The highest BCUT2D eigenvalue weighted by atomic mass is 35.5. The summed E-state index contributed by atoms with van der Waals surface area (Å²) in [6.07, 6.45) is 0. The summed E-state index contributed by atoms with van der Waals surface area (Å²) in [5.74, 6) is -3.43. The van der Waals surface area contributed by atoms with Gasteiger partial charge < -0.3 is 30.7 Å². The van der Waals surface area contributed by atoms with Gasteiger partial charge in [0.2, 0.25) is 12.1 Å². The molecule has 0 aromatic heterocycles. The van der Waals surface area contributed by atoms with E-state index in [1.807, 2.05) is 13.8 Å². The molecular formula is C49H47Cl5N8O8. The Bertz CT molecular complexity index is 2860. The molecule has 0 spiro atoms. The molecule has 16 nitrogen and oxygen atoms in total. The number of ether oxygens (including phenoxy) is 2. The van der Waals surface area contributed by atoms with Crippen LogP contribution in [0.15, 0.2) is 111 Å². The molecule has 0 aliphatic carbocycles. The SMILES string of the molecule is CCOc1cc(C(C)Cl)ccc1NC(=O)c1cc(Cl)cc(N=NC(C(C)=O)C(=O)Nc2ccc(NC(=O)C(N=Nc3cc(Cl)cc(C(=O)Nc4ccc(C(C)Cl)cc4OCC)c3)C(C)=O)c(CCl)c2)c1. The zero-order valence-electron chi connectivity index (χ0n) is 38.5. The zero-order valence-corrected chi connectivity index (χ0v) is 42.3. The molecule has 21 heteroatoms. The number of benzene rings is 5. The summed E-state index contributed by atoms with van der Waals surface area (Å²) in [6, 6.07) is 19.8. The maximum Gasteiger partial charge on any atom is 0.258 e. The lowest BCUT2D eigenvalue weighted by Gasteiger charge is -2.15. The van der Waals surface area contributed by atoms with E-state index in [9.17, 15) is 28.8 Å². The quantitative estimate of drug-likeness (QED) is 0.0314. The van der Waals surface area contributed by atoms with Crippen molar-refractivity contribution in [3.05, 3.63) is 129 Å². The van der Waals surface area contributed by atoms with Crippen molar-refractivity contribution in [1.82, 2.24) is 0 Å². The number of halogens is 5. The maximum atomic E-state index is 13.5. The van der Waals surface area contributed by atoms with Crippen LogP contribution in [0.1, 0.15) is 89.7 Å². The average Bonchev–Trinajstić information content (AvgIpc) is 3.30. The van der Waals surface area contributed by atoms with Crippen LogP contribution in [0.25, 0.3) is 0 Å². The Kier molecular flexibility index (Phi) is 19.8. The predicted molar refractivity (Wildman–Crippen MR) is 274 cm³/mol. The lowest BCUT2D eigenvalue weighted by molar-refractivity contribution is -0.127. The summed E-state index contributed by atoms with van der Waals surface area (Å²) < 4.78 is 11.4. The number of azo groups is 2. The van der Waals surface area contributed by atoms with Crippen molar-refractivity contribution < 1.29 is 38.2 Å². The first kappa shape index (κ1) is 54.5. The summed E-state index contributed by atoms with van der Waals surface area (Å²) in [5, 5.41) is 26.6. The summed E-state index contributed by atoms with van der Waals surface area (Å²) in [5.41, 5.74) is 3.45. The van der Waals surface area contributed by atoms with Crippen molar-refractivity contribution in [2.24, 2.45) is 20.5 Å². The number of hydrogen-bond acceptors (Lipinski definition) is 12. The van der Waals surface area contributed by atoms with Gasteiger partial charge in [0.1, 0.15) is 11.5 Å². The number of anilines is 4. The molecule has 0 heterocycles. The number of nitrogens with zero attached hydrogens (tertiary/aromatic N) is 4. The van der Waals surface area contributed by atoms with Gasteiger partial charge in [-0.2, -0.15) is 20.5 Å². The standard InChI is InChI=1S/C49H47Cl5N8O8/c1-7-69-42-20-29(25(3)51)9-12-40(42)57-46(65)31-15-34(53)22-37(17-31)59-61-44(27(5)63)48(67)55-36-11-14-39(33(19-36)24-50)56-49(68)45(28(6)64)62-60-38-18-32(16-35(54)23-38)47(66)58-41-13-10-30(26(4)52)21-43(41)70-8-2/h9-23,25-26,44-45H,7-8,24H2,1-6H3,(H,55,67)(H,56,68)(H,57,65)(H,58,66). The van der Waals surface area contributed by atoms with Crippen LogP contribution < -0.4 is 30.7 Å². The molecule has 4 amide bonds. The van der Waals surface area contributed by atoms with Gasteiger partial charge in [-0.15, -0.1) is 34.8 Å². The first-order valence-electron chi connectivity index (χ1n) is 21.5. The number of ketones is 2. The van der Waals surface area contributed by atoms with E-state index >= 15 is 0 Å². The van der Waals surface area contributed by atoms with Crippen molar-refractivity contribution in [3.63, 3.8) is 0 Å². The summed E-state index contributed by atoms with van der Waals surface area (Å²) in [6.45, 7) is 10.2. The molecule has 70 heavy (non-hydrogen) atoms. The molecule has 5 aromatic rings. The highest BCUT2D eigenvalue weighted by Gasteiger charge is 2.26. The monoisotopic (exact) mass is 1050 g/mol. The molecule has 0 radical (unpaired) electrons. The van der Waals surface area contributed by atoms with Gasteiger partial charge in [-0.05, 0) is 137 Å². The molecule has 4 N–H and O–H groups in total. The third kappa shape index (κ3) is 15.0. The van der Waals surface area contributed by atoms with Crippen LogP contribution in [0.5, 0.6) is 11.5 Å². The smallest absolute Gasteiger partial charge is 0.258 e. The van der Waals surface area contributed by atoms with Gasteiger partial charge in [-0.25, -0.2) is 0 Å². The molecule has 4 atom stereocenters. The molecule has 0 saturated heterocycles. The van der Waals surface area contributed by atoms with Crippen molar-refractivity contribution in [1.29, 1.82) is 0 Å². The van der Waals surface area contributed by atoms with Gasteiger partial charge in [-0.1, -0.05) is 35.3 Å². The van der Waals surface area contributed by atoms with Crippen molar-refractivity contribution in [2.75, 3.05) is 34.5 Å². The minimum atomic E-state index is -1.63. The Morgan fingerprint density at radius 1 is 0.557 bits per heavy atom. The van der Waals surface area contributed by atoms with Crippen LogP contribution in [-0.4, -0.2) is 60.5 Å². The second kappa shape index (κ2) is 25.4. The molecule has 0 bridgehead atoms. The van der Waals surface area contributed by atoms with Crippen LogP contribution in [0.3, 0.4) is 0 Å². The number of rotatable bonds is 21. The second-order valence-electron chi connectivity index (χ2n) is 15.4. The fraction of sp³-hybridized carbons (Fsp3) is 0.265. The first-order valence-corrected chi connectivity index (χ1v) is 23.7. The highest BCUT2D eigenvalue weighted by molar-refractivity contribution is 6.32. The van der Waals surface area contributed by atoms with Gasteiger partial charge in [-0.3, -0.25) is 28.8 Å². The minimum Gasteiger partial charge on any atom is -0.492 e. The molecule has 0 aliphatic rings. The fourth-order valence-electron chi connectivity index (χ4n) is 6.45. The fourth-order valence-corrected chi connectivity index (χ4v) is 7.40. The number of carbonyl (C=O) groups is 6. The van der Waals surface area contributed by atoms with Crippen LogP contribution in [0.2, 0.25) is 10.0 Å². The molecule has 4 unspecified atom stereocenters. The van der Waals surface area contributed by atoms with Crippen LogP contribution in [0.4, 0.5) is 34.1 Å². The third-order valence-electron chi connectivity index (χ3n) is 9.93. The largest absolute Gasteiger partial charge is 0.492 e. The van der Waals surface area contributed by atoms with Gasteiger partial charge in [0.25, 0.3) is 23.6 Å². The molecule has 5 aromatic carbocycles. The maximum absolute atomic E-state index is 13.5. The van der Waals surface area contributed by atoms with Gasteiger partial charge in [0.15, 0.2) is 11.6 Å². The Balaban J connectivity index is 1.26. The van der Waals surface area contributed by atoms with E-state index in [0.717, 1.165) is 25.0 Å². The zero-order chi connectivity index (χ0) is 51.2. The molecule has 366 valence electrons. The van der Waals surface area contributed by atoms with E-state index in [1.165, 1.54) is 54.6 Å².